The van der Waals surface area contributed by atoms with Crippen LogP contribution in [0.25, 0.3) is 0 Å². The van der Waals surface area contributed by atoms with Crippen LogP contribution in [-0.4, -0.2) is 34.4 Å². The van der Waals surface area contributed by atoms with Gasteiger partial charge >= 0.3 is 6.03 Å². The van der Waals surface area contributed by atoms with Crippen molar-refractivity contribution >= 4 is 11.9 Å². The Morgan fingerprint density at radius 1 is 1.24 bits per heavy atom. The number of rotatable bonds is 5. The molecular weight excluding hydrogens is 323 g/mol. The van der Waals surface area contributed by atoms with E-state index in [1.165, 1.54) is 12.1 Å². The maximum atomic E-state index is 12.9. The van der Waals surface area contributed by atoms with Gasteiger partial charge in [0.15, 0.2) is 0 Å². The Kier molecular flexibility index (Phi) is 5.23. The van der Waals surface area contributed by atoms with Crippen molar-refractivity contribution in [1.29, 1.82) is 0 Å². The lowest BCUT2D eigenvalue weighted by atomic mass is 10.2. The minimum Gasteiger partial charge on any atom is -0.336 e. The van der Waals surface area contributed by atoms with Crippen molar-refractivity contribution in [1.82, 2.24) is 20.5 Å². The molecule has 130 valence electrons. The molecule has 2 heterocycles. The summed E-state index contributed by atoms with van der Waals surface area (Å²) in [5, 5.41) is 5.39. The smallest absolute Gasteiger partial charge is 0.315 e. The molecule has 0 saturated carbocycles. The monoisotopic (exact) mass is 342 g/mol. The van der Waals surface area contributed by atoms with E-state index in [-0.39, 0.29) is 11.7 Å². The van der Waals surface area contributed by atoms with Gasteiger partial charge in [-0.25, -0.2) is 9.18 Å². The van der Waals surface area contributed by atoms with Crippen molar-refractivity contribution in [3.05, 3.63) is 65.7 Å². The third kappa shape index (κ3) is 4.53. The maximum Gasteiger partial charge on any atom is 0.315 e. The number of pyridine rings is 1. The van der Waals surface area contributed by atoms with E-state index >= 15 is 0 Å². The van der Waals surface area contributed by atoms with Crippen molar-refractivity contribution in [2.45, 2.75) is 25.6 Å². The summed E-state index contributed by atoms with van der Waals surface area (Å²) < 4.78 is 12.9. The third-order valence-corrected chi connectivity index (χ3v) is 4.05. The molecule has 25 heavy (non-hydrogen) atoms. The summed E-state index contributed by atoms with van der Waals surface area (Å²) in [5.74, 6) is -0.432. The second-order valence-corrected chi connectivity index (χ2v) is 5.88. The van der Waals surface area contributed by atoms with Gasteiger partial charge in [0.25, 0.3) is 0 Å². The summed E-state index contributed by atoms with van der Waals surface area (Å²) in [6.07, 6.45) is 2.21. The first-order valence-corrected chi connectivity index (χ1v) is 8.09. The van der Waals surface area contributed by atoms with Gasteiger partial charge in [0.05, 0.1) is 12.2 Å². The van der Waals surface area contributed by atoms with Crippen LogP contribution in [0.5, 0.6) is 0 Å². The summed E-state index contributed by atoms with van der Waals surface area (Å²) >= 11 is 0. The van der Waals surface area contributed by atoms with Crippen LogP contribution in [-0.2, 0) is 17.9 Å². The molecule has 0 radical (unpaired) electrons. The molecule has 0 spiro atoms. The van der Waals surface area contributed by atoms with Gasteiger partial charge in [-0.3, -0.25) is 9.78 Å². The van der Waals surface area contributed by atoms with E-state index in [4.69, 9.17) is 0 Å². The van der Waals surface area contributed by atoms with Crippen LogP contribution in [0.2, 0.25) is 0 Å². The molecular formula is C18H19FN4O2. The van der Waals surface area contributed by atoms with Gasteiger partial charge < -0.3 is 15.5 Å². The maximum absolute atomic E-state index is 12.9. The molecule has 0 bridgehead atoms. The predicted molar refractivity (Wildman–Crippen MR) is 89.8 cm³/mol. The molecule has 0 aliphatic carbocycles. The molecule has 1 aromatic heterocycles. The van der Waals surface area contributed by atoms with Crippen LogP contribution in [0.1, 0.15) is 17.7 Å². The Labute approximate surface area is 145 Å². The van der Waals surface area contributed by atoms with Crippen LogP contribution in [0.3, 0.4) is 0 Å². The third-order valence-electron chi connectivity index (χ3n) is 4.05. The highest BCUT2D eigenvalue weighted by atomic mass is 19.1. The summed E-state index contributed by atoms with van der Waals surface area (Å²) in [4.78, 5) is 30.1. The van der Waals surface area contributed by atoms with Gasteiger partial charge in [0.2, 0.25) is 5.91 Å². The summed E-state index contributed by atoms with van der Waals surface area (Å²) in [6, 6.07) is 10.6. The fraction of sp³-hybridized carbons (Fsp3) is 0.278. The van der Waals surface area contributed by atoms with Crippen LogP contribution in [0.4, 0.5) is 9.18 Å². The number of nitrogens with zero attached hydrogens (tertiary/aromatic N) is 2. The molecule has 7 heteroatoms. The van der Waals surface area contributed by atoms with Gasteiger partial charge in [-0.2, -0.15) is 0 Å². The van der Waals surface area contributed by atoms with Gasteiger partial charge in [0.1, 0.15) is 11.9 Å². The fourth-order valence-electron chi connectivity index (χ4n) is 2.72. The van der Waals surface area contributed by atoms with Crippen LogP contribution < -0.4 is 10.6 Å². The number of hydrogen-bond acceptors (Lipinski definition) is 3. The van der Waals surface area contributed by atoms with E-state index in [1.54, 1.807) is 29.3 Å². The number of aromatic nitrogens is 1. The van der Waals surface area contributed by atoms with E-state index in [1.807, 2.05) is 12.1 Å². The zero-order chi connectivity index (χ0) is 17.6. The molecule has 1 aliphatic rings. The Hall–Kier alpha value is -2.96. The lowest BCUT2D eigenvalue weighted by molar-refractivity contribution is -0.129. The summed E-state index contributed by atoms with van der Waals surface area (Å²) in [5.41, 5.74) is 1.60. The van der Waals surface area contributed by atoms with Crippen molar-refractivity contribution in [3.63, 3.8) is 0 Å². The highest BCUT2D eigenvalue weighted by Crippen LogP contribution is 2.15. The Morgan fingerprint density at radius 2 is 2.04 bits per heavy atom. The highest BCUT2D eigenvalue weighted by Gasteiger charge is 2.32. The number of hydrogen-bond donors (Lipinski definition) is 2. The van der Waals surface area contributed by atoms with Crippen molar-refractivity contribution in [2.75, 3.05) is 6.54 Å². The van der Waals surface area contributed by atoms with Crippen molar-refractivity contribution in [3.8, 4) is 0 Å². The Morgan fingerprint density at radius 3 is 2.76 bits per heavy atom. The number of nitrogens with one attached hydrogen (secondary N) is 2. The molecule has 1 unspecified atom stereocenters. The first-order chi connectivity index (χ1) is 12.1. The van der Waals surface area contributed by atoms with Crippen LogP contribution in [0.15, 0.2) is 48.7 Å². The number of benzene rings is 1. The standard InChI is InChI=1S/C18H19FN4O2/c19-14-6-4-13(5-7-14)12-23-10-8-16(17(23)24)22-18(25)21-11-15-3-1-2-9-20-15/h1-7,9,16H,8,10-12H2,(H2,21,22,25). The normalized spacial score (nSPS) is 16.8. The summed E-state index contributed by atoms with van der Waals surface area (Å²) in [6.45, 7) is 1.27. The molecule has 1 aliphatic heterocycles. The molecule has 1 fully saturated rings. The predicted octanol–water partition coefficient (Wildman–Crippen LogP) is 1.82. The number of carbonyl (C=O) groups excluding carboxylic acids is 2. The molecule has 1 atom stereocenters. The molecule has 6 nitrogen and oxygen atoms in total. The molecule has 2 N–H and O–H groups in total. The zero-order valence-electron chi connectivity index (χ0n) is 13.6. The van der Waals surface area contributed by atoms with E-state index in [2.05, 4.69) is 15.6 Å². The molecule has 1 saturated heterocycles. The van der Waals surface area contributed by atoms with Crippen LogP contribution >= 0.6 is 0 Å². The topological polar surface area (TPSA) is 74.3 Å². The van der Waals surface area contributed by atoms with Gasteiger partial charge in [-0.15, -0.1) is 0 Å². The number of carbonyl (C=O) groups is 2. The average Bonchev–Trinajstić information content (AvgIpc) is 2.96. The first kappa shape index (κ1) is 16.9. The summed E-state index contributed by atoms with van der Waals surface area (Å²) in [7, 11) is 0. The van der Waals surface area contributed by atoms with E-state index in [0.29, 0.717) is 26.1 Å². The number of urea groups is 1. The Balaban J connectivity index is 1.48. The molecule has 2 aromatic rings. The SMILES string of the molecule is O=C(NCc1ccccn1)NC1CCN(Cc2ccc(F)cc2)C1=O. The van der Waals surface area contributed by atoms with Gasteiger partial charge in [0, 0.05) is 19.3 Å². The van der Waals surface area contributed by atoms with Crippen LogP contribution in [0, 0.1) is 5.82 Å². The van der Waals surface area contributed by atoms with Crippen molar-refractivity contribution < 1.29 is 14.0 Å². The average molecular weight is 342 g/mol. The zero-order valence-corrected chi connectivity index (χ0v) is 13.6. The quantitative estimate of drug-likeness (QED) is 0.870. The van der Waals surface area contributed by atoms with E-state index in [0.717, 1.165) is 11.3 Å². The fourth-order valence-corrected chi connectivity index (χ4v) is 2.72. The van der Waals surface area contributed by atoms with E-state index < -0.39 is 12.1 Å². The number of amides is 3. The molecule has 3 amide bonds. The second kappa shape index (κ2) is 7.74. The largest absolute Gasteiger partial charge is 0.336 e. The van der Waals surface area contributed by atoms with Gasteiger partial charge in [-0.1, -0.05) is 18.2 Å². The van der Waals surface area contributed by atoms with Crippen molar-refractivity contribution in [2.24, 2.45) is 0 Å². The minimum absolute atomic E-state index is 0.127. The number of likely N-dealkylation sites (tertiary alicyclic amines) is 1. The van der Waals surface area contributed by atoms with E-state index in [9.17, 15) is 14.0 Å². The van der Waals surface area contributed by atoms with Gasteiger partial charge in [-0.05, 0) is 36.2 Å². The highest BCUT2D eigenvalue weighted by molar-refractivity contribution is 5.88. The lowest BCUT2D eigenvalue weighted by Crippen LogP contribution is -2.45. The minimum atomic E-state index is -0.538. The molecule has 1 aromatic carbocycles. The number of halogens is 1. The lowest BCUT2D eigenvalue weighted by Gasteiger charge is -2.17. The Bertz CT molecular complexity index is 737. The second-order valence-electron chi connectivity index (χ2n) is 5.88. The molecule has 3 rings (SSSR count). The first-order valence-electron chi connectivity index (χ1n) is 8.09.